The fourth-order valence-electron chi connectivity index (χ4n) is 1.81. The lowest BCUT2D eigenvalue weighted by Gasteiger charge is -2.16. The molecule has 0 fully saturated rings. The summed E-state index contributed by atoms with van der Waals surface area (Å²) >= 11 is 1.63. The van der Waals surface area contributed by atoms with Gasteiger partial charge in [-0.15, -0.1) is 11.3 Å². The Kier molecular flexibility index (Phi) is 4.89. The number of rotatable bonds is 6. The Morgan fingerprint density at radius 1 is 1.35 bits per heavy atom. The zero-order valence-corrected chi connectivity index (χ0v) is 13.1. The van der Waals surface area contributed by atoms with Crippen molar-refractivity contribution < 1.29 is 4.74 Å². The molecule has 20 heavy (non-hydrogen) atoms. The normalized spacial score (nSPS) is 12.4. The van der Waals surface area contributed by atoms with E-state index < -0.39 is 0 Å². The number of hydrogen-bond donors (Lipinski definition) is 1. The van der Waals surface area contributed by atoms with Gasteiger partial charge in [0.05, 0.1) is 12.1 Å². The van der Waals surface area contributed by atoms with Gasteiger partial charge < -0.3 is 10.1 Å². The molecule has 0 saturated heterocycles. The van der Waals surface area contributed by atoms with E-state index in [4.69, 9.17) is 4.74 Å². The van der Waals surface area contributed by atoms with E-state index in [1.54, 1.807) is 11.3 Å². The molecule has 5 nitrogen and oxygen atoms in total. The topological polar surface area (TPSA) is 59.9 Å². The number of nitrogens with zero attached hydrogens (tertiary/aromatic N) is 3. The number of thiazole rings is 1. The van der Waals surface area contributed by atoms with E-state index in [-0.39, 0.29) is 12.1 Å². The lowest BCUT2D eigenvalue weighted by atomic mass is 10.2. The van der Waals surface area contributed by atoms with Gasteiger partial charge in [0.1, 0.15) is 5.01 Å². The SMILES string of the molecule is CCC(Nc1nc(C)cc(OC(C)C)n1)c1nccs1. The molecule has 0 radical (unpaired) electrons. The van der Waals surface area contributed by atoms with Crippen molar-refractivity contribution in [3.8, 4) is 5.88 Å². The summed E-state index contributed by atoms with van der Waals surface area (Å²) in [6.45, 7) is 8.01. The fourth-order valence-corrected chi connectivity index (χ4v) is 2.58. The maximum atomic E-state index is 5.64. The van der Waals surface area contributed by atoms with E-state index in [1.807, 2.05) is 38.4 Å². The van der Waals surface area contributed by atoms with Gasteiger partial charge in [-0.05, 0) is 27.2 Å². The minimum absolute atomic E-state index is 0.0954. The van der Waals surface area contributed by atoms with Gasteiger partial charge in [-0.2, -0.15) is 4.98 Å². The van der Waals surface area contributed by atoms with Gasteiger partial charge in [0.15, 0.2) is 0 Å². The van der Waals surface area contributed by atoms with Gasteiger partial charge in [0, 0.05) is 23.3 Å². The third-order valence-corrected chi connectivity index (χ3v) is 3.54. The van der Waals surface area contributed by atoms with Crippen LogP contribution in [0.5, 0.6) is 5.88 Å². The Hall–Kier alpha value is -1.69. The summed E-state index contributed by atoms with van der Waals surface area (Å²) in [5.74, 6) is 1.19. The average Bonchev–Trinajstić information content (AvgIpc) is 2.88. The zero-order valence-electron chi connectivity index (χ0n) is 12.3. The van der Waals surface area contributed by atoms with E-state index in [2.05, 4.69) is 27.2 Å². The molecule has 2 aromatic rings. The molecule has 1 atom stereocenters. The summed E-state index contributed by atoms with van der Waals surface area (Å²) < 4.78 is 5.64. The van der Waals surface area contributed by atoms with Crippen LogP contribution in [0, 0.1) is 6.92 Å². The summed E-state index contributed by atoms with van der Waals surface area (Å²) in [5, 5.41) is 6.35. The van der Waals surface area contributed by atoms with Crippen molar-refractivity contribution in [2.75, 3.05) is 5.32 Å². The van der Waals surface area contributed by atoms with Crippen LogP contribution in [-0.2, 0) is 0 Å². The average molecular weight is 292 g/mol. The first kappa shape index (κ1) is 14.7. The third-order valence-electron chi connectivity index (χ3n) is 2.65. The fraction of sp³-hybridized carbons (Fsp3) is 0.500. The minimum atomic E-state index is 0.0954. The van der Waals surface area contributed by atoms with Crippen molar-refractivity contribution in [1.29, 1.82) is 0 Å². The van der Waals surface area contributed by atoms with Crippen LogP contribution in [0.15, 0.2) is 17.6 Å². The molecule has 0 aliphatic rings. The van der Waals surface area contributed by atoms with Crippen molar-refractivity contribution in [3.63, 3.8) is 0 Å². The quantitative estimate of drug-likeness (QED) is 0.881. The molecule has 0 saturated carbocycles. The molecule has 1 N–H and O–H groups in total. The zero-order chi connectivity index (χ0) is 14.5. The summed E-state index contributed by atoms with van der Waals surface area (Å²) in [6, 6.07) is 1.97. The van der Waals surface area contributed by atoms with Gasteiger partial charge >= 0.3 is 0 Å². The number of anilines is 1. The molecular weight excluding hydrogens is 272 g/mol. The summed E-state index contributed by atoms with van der Waals surface area (Å²) in [5.41, 5.74) is 0.882. The van der Waals surface area contributed by atoms with Crippen LogP contribution in [0.3, 0.4) is 0 Å². The Balaban J connectivity index is 2.17. The lowest BCUT2D eigenvalue weighted by molar-refractivity contribution is 0.232. The highest BCUT2D eigenvalue weighted by Crippen LogP contribution is 2.23. The van der Waals surface area contributed by atoms with Crippen molar-refractivity contribution >= 4 is 17.3 Å². The second-order valence-corrected chi connectivity index (χ2v) is 5.74. The molecule has 2 rings (SSSR count). The molecule has 0 aliphatic heterocycles. The highest BCUT2D eigenvalue weighted by atomic mass is 32.1. The van der Waals surface area contributed by atoms with E-state index in [0.717, 1.165) is 17.1 Å². The van der Waals surface area contributed by atoms with Gasteiger partial charge in [0.25, 0.3) is 0 Å². The van der Waals surface area contributed by atoms with E-state index in [1.165, 1.54) is 0 Å². The smallest absolute Gasteiger partial charge is 0.226 e. The van der Waals surface area contributed by atoms with Crippen molar-refractivity contribution in [2.24, 2.45) is 0 Å². The van der Waals surface area contributed by atoms with Crippen LogP contribution < -0.4 is 10.1 Å². The molecule has 0 aromatic carbocycles. The second-order valence-electron chi connectivity index (χ2n) is 4.81. The van der Waals surface area contributed by atoms with Gasteiger partial charge in [-0.3, -0.25) is 0 Å². The van der Waals surface area contributed by atoms with Crippen molar-refractivity contribution in [2.45, 2.75) is 46.3 Å². The standard InChI is InChI=1S/C14H20N4OS/c1-5-11(13-15-6-7-20-13)17-14-16-10(4)8-12(18-14)19-9(2)3/h6-9,11H,5H2,1-4H3,(H,16,17,18). The predicted octanol–water partition coefficient (Wildman–Crippen LogP) is 3.59. The molecule has 2 aromatic heterocycles. The Morgan fingerprint density at radius 3 is 2.75 bits per heavy atom. The number of hydrogen-bond acceptors (Lipinski definition) is 6. The molecule has 108 valence electrons. The molecule has 1 unspecified atom stereocenters. The first-order chi connectivity index (χ1) is 9.58. The van der Waals surface area contributed by atoms with E-state index in [9.17, 15) is 0 Å². The summed E-state index contributed by atoms with van der Waals surface area (Å²) in [6.07, 6.45) is 2.83. The van der Waals surface area contributed by atoms with Crippen LogP contribution in [0.1, 0.15) is 43.9 Å². The highest BCUT2D eigenvalue weighted by Gasteiger charge is 2.14. The molecule has 0 bridgehead atoms. The Bertz CT molecular complexity index is 542. The number of ether oxygens (including phenoxy) is 1. The maximum Gasteiger partial charge on any atom is 0.226 e. The van der Waals surface area contributed by atoms with Gasteiger partial charge in [-0.1, -0.05) is 6.92 Å². The molecule has 6 heteroatoms. The molecule has 2 heterocycles. The Morgan fingerprint density at radius 2 is 2.15 bits per heavy atom. The van der Waals surface area contributed by atoms with Crippen molar-refractivity contribution in [1.82, 2.24) is 15.0 Å². The van der Waals surface area contributed by atoms with Crippen LogP contribution in [-0.4, -0.2) is 21.1 Å². The molecule has 0 spiro atoms. The molecule has 0 amide bonds. The van der Waals surface area contributed by atoms with Crippen LogP contribution in [0.25, 0.3) is 0 Å². The van der Waals surface area contributed by atoms with E-state index >= 15 is 0 Å². The van der Waals surface area contributed by atoms with Gasteiger partial charge in [0.2, 0.25) is 11.8 Å². The number of aryl methyl sites for hydroxylation is 1. The highest BCUT2D eigenvalue weighted by molar-refractivity contribution is 7.09. The van der Waals surface area contributed by atoms with E-state index in [0.29, 0.717) is 11.8 Å². The summed E-state index contributed by atoms with van der Waals surface area (Å²) in [7, 11) is 0. The number of nitrogens with one attached hydrogen (secondary N) is 1. The predicted molar refractivity (Wildman–Crippen MR) is 81.3 cm³/mol. The monoisotopic (exact) mass is 292 g/mol. The van der Waals surface area contributed by atoms with Crippen molar-refractivity contribution in [3.05, 3.63) is 28.3 Å². The first-order valence-corrected chi connectivity index (χ1v) is 7.64. The van der Waals surface area contributed by atoms with Crippen LogP contribution in [0.2, 0.25) is 0 Å². The first-order valence-electron chi connectivity index (χ1n) is 6.76. The molecular formula is C14H20N4OS. The lowest BCUT2D eigenvalue weighted by Crippen LogP contribution is -2.14. The largest absolute Gasteiger partial charge is 0.475 e. The third kappa shape index (κ3) is 3.90. The van der Waals surface area contributed by atoms with Crippen LogP contribution in [0.4, 0.5) is 5.95 Å². The van der Waals surface area contributed by atoms with Gasteiger partial charge in [-0.25, -0.2) is 9.97 Å². The minimum Gasteiger partial charge on any atom is -0.475 e. The summed E-state index contributed by atoms with van der Waals surface area (Å²) in [4.78, 5) is 13.2. The Labute approximate surface area is 123 Å². The molecule has 0 aliphatic carbocycles. The maximum absolute atomic E-state index is 5.64. The van der Waals surface area contributed by atoms with Crippen LogP contribution >= 0.6 is 11.3 Å². The number of aromatic nitrogens is 3. The second kappa shape index (κ2) is 6.65.